The summed E-state index contributed by atoms with van der Waals surface area (Å²) >= 11 is 7.63. The number of aryl methyl sites for hydroxylation is 1. The highest BCUT2D eigenvalue weighted by atomic mass is 35.5. The Kier molecular flexibility index (Phi) is 7.17. The molecule has 98 valence electrons. The maximum absolute atomic E-state index is 5.92. The molecule has 1 N–H and O–H groups in total. The number of halogens is 1. The van der Waals surface area contributed by atoms with Gasteiger partial charge in [0.25, 0.3) is 0 Å². The predicted molar refractivity (Wildman–Crippen MR) is 79.1 cm³/mol. The molecule has 1 atom stereocenters. The van der Waals surface area contributed by atoms with Crippen LogP contribution in [0.3, 0.4) is 0 Å². The molecule has 0 spiro atoms. The van der Waals surface area contributed by atoms with Gasteiger partial charge < -0.3 is 5.32 Å². The minimum Gasteiger partial charge on any atom is -0.316 e. The zero-order valence-electron chi connectivity index (χ0n) is 11.1. The van der Waals surface area contributed by atoms with Crippen molar-refractivity contribution in [2.45, 2.75) is 40.0 Å². The lowest BCUT2D eigenvalue weighted by Gasteiger charge is -2.12. The van der Waals surface area contributed by atoms with Gasteiger partial charge in [0.2, 0.25) is 0 Å². The van der Waals surface area contributed by atoms with E-state index in [1.54, 1.807) is 11.3 Å². The van der Waals surface area contributed by atoms with Gasteiger partial charge in [0.15, 0.2) is 0 Å². The third-order valence-corrected chi connectivity index (χ3v) is 4.17. The van der Waals surface area contributed by atoms with Crippen LogP contribution in [0.1, 0.15) is 38.5 Å². The Labute approximate surface area is 115 Å². The van der Waals surface area contributed by atoms with Crippen LogP contribution in [0, 0.1) is 11.8 Å². The Balaban J connectivity index is 2.07. The van der Waals surface area contributed by atoms with Crippen molar-refractivity contribution >= 4 is 22.9 Å². The van der Waals surface area contributed by atoms with E-state index in [1.165, 1.54) is 24.1 Å². The normalized spacial score (nSPS) is 13.2. The zero-order chi connectivity index (χ0) is 12.7. The van der Waals surface area contributed by atoms with E-state index >= 15 is 0 Å². The molecule has 0 aliphatic carbocycles. The maximum atomic E-state index is 5.92. The van der Waals surface area contributed by atoms with Crippen molar-refractivity contribution in [1.29, 1.82) is 0 Å². The molecule has 3 heteroatoms. The van der Waals surface area contributed by atoms with Gasteiger partial charge >= 0.3 is 0 Å². The Hall–Kier alpha value is -0.0500. The first-order valence-corrected chi connectivity index (χ1v) is 7.72. The van der Waals surface area contributed by atoms with Gasteiger partial charge in [-0.25, -0.2) is 0 Å². The first-order chi connectivity index (χ1) is 8.08. The summed E-state index contributed by atoms with van der Waals surface area (Å²) in [5.74, 6) is 1.54. The van der Waals surface area contributed by atoms with Crippen molar-refractivity contribution < 1.29 is 0 Å². The van der Waals surface area contributed by atoms with Crippen molar-refractivity contribution in [1.82, 2.24) is 5.32 Å². The largest absolute Gasteiger partial charge is 0.316 e. The second-order valence-electron chi connectivity index (χ2n) is 5.24. The molecule has 0 fully saturated rings. The summed E-state index contributed by atoms with van der Waals surface area (Å²) in [6.45, 7) is 9.11. The van der Waals surface area contributed by atoms with Gasteiger partial charge in [-0.1, -0.05) is 32.4 Å². The van der Waals surface area contributed by atoms with Gasteiger partial charge in [-0.15, -0.1) is 11.3 Å². The Morgan fingerprint density at radius 3 is 2.59 bits per heavy atom. The zero-order valence-corrected chi connectivity index (χ0v) is 12.7. The van der Waals surface area contributed by atoms with Gasteiger partial charge in [0, 0.05) is 4.88 Å². The number of nitrogens with one attached hydrogen (secondary N) is 1. The fraction of sp³-hybridized carbons (Fsp3) is 0.714. The lowest BCUT2D eigenvalue weighted by molar-refractivity contribution is 0.455. The molecule has 1 unspecified atom stereocenters. The fourth-order valence-electron chi connectivity index (χ4n) is 1.76. The first-order valence-electron chi connectivity index (χ1n) is 6.53. The SMILES string of the molecule is CC(C)CNCCC(C)CCc1ccc(Cl)s1. The van der Waals surface area contributed by atoms with Gasteiger partial charge in [0.1, 0.15) is 0 Å². The van der Waals surface area contributed by atoms with Crippen LogP contribution in [0.5, 0.6) is 0 Å². The quantitative estimate of drug-likeness (QED) is 0.682. The summed E-state index contributed by atoms with van der Waals surface area (Å²) < 4.78 is 0.909. The third kappa shape index (κ3) is 7.07. The summed E-state index contributed by atoms with van der Waals surface area (Å²) in [7, 11) is 0. The molecule has 1 aromatic rings. The smallest absolute Gasteiger partial charge is 0.0931 e. The molecule has 0 bridgehead atoms. The van der Waals surface area contributed by atoms with Gasteiger partial charge in [-0.05, 0) is 56.3 Å². The lowest BCUT2D eigenvalue weighted by atomic mass is 10.0. The average Bonchev–Trinajstić information content (AvgIpc) is 2.67. The first kappa shape index (κ1) is 15.0. The van der Waals surface area contributed by atoms with Crippen LogP contribution >= 0.6 is 22.9 Å². The van der Waals surface area contributed by atoms with Crippen molar-refractivity contribution in [3.05, 3.63) is 21.3 Å². The number of rotatable bonds is 8. The van der Waals surface area contributed by atoms with Crippen LogP contribution < -0.4 is 5.32 Å². The molecular weight excluding hydrogens is 250 g/mol. The highest BCUT2D eigenvalue weighted by Crippen LogP contribution is 2.24. The van der Waals surface area contributed by atoms with E-state index in [-0.39, 0.29) is 0 Å². The highest BCUT2D eigenvalue weighted by Gasteiger charge is 2.04. The predicted octanol–water partition coefficient (Wildman–Crippen LogP) is 4.61. The molecule has 1 rings (SSSR count). The van der Waals surface area contributed by atoms with Crippen LogP contribution in [0.25, 0.3) is 0 Å². The monoisotopic (exact) mass is 273 g/mol. The van der Waals surface area contributed by atoms with E-state index < -0.39 is 0 Å². The van der Waals surface area contributed by atoms with E-state index in [4.69, 9.17) is 11.6 Å². The van der Waals surface area contributed by atoms with Crippen LogP contribution in [-0.2, 0) is 6.42 Å². The molecule has 0 aliphatic heterocycles. The molecule has 0 aliphatic rings. The second-order valence-corrected chi connectivity index (χ2v) is 7.04. The van der Waals surface area contributed by atoms with Crippen LogP contribution in [0.4, 0.5) is 0 Å². The molecule has 1 aromatic heterocycles. The summed E-state index contributed by atoms with van der Waals surface area (Å²) in [4.78, 5) is 1.41. The average molecular weight is 274 g/mol. The molecule has 1 heterocycles. The van der Waals surface area contributed by atoms with Gasteiger partial charge in [-0.3, -0.25) is 0 Å². The van der Waals surface area contributed by atoms with E-state index in [2.05, 4.69) is 32.2 Å². The summed E-state index contributed by atoms with van der Waals surface area (Å²) in [6, 6.07) is 4.15. The maximum Gasteiger partial charge on any atom is 0.0931 e. The highest BCUT2D eigenvalue weighted by molar-refractivity contribution is 7.16. The fourth-order valence-corrected chi connectivity index (χ4v) is 2.86. The van der Waals surface area contributed by atoms with Crippen molar-refractivity contribution in [2.75, 3.05) is 13.1 Å². The molecular formula is C14H24ClNS. The second kappa shape index (κ2) is 8.12. The molecule has 0 amide bonds. The molecule has 17 heavy (non-hydrogen) atoms. The Morgan fingerprint density at radius 1 is 1.24 bits per heavy atom. The van der Waals surface area contributed by atoms with E-state index in [9.17, 15) is 0 Å². The van der Waals surface area contributed by atoms with Crippen LogP contribution in [0.15, 0.2) is 12.1 Å². The molecule has 0 saturated heterocycles. The molecule has 0 aromatic carbocycles. The third-order valence-electron chi connectivity index (χ3n) is 2.88. The summed E-state index contributed by atoms with van der Waals surface area (Å²) in [5.41, 5.74) is 0. The van der Waals surface area contributed by atoms with Gasteiger partial charge in [0.05, 0.1) is 4.34 Å². The molecule has 1 nitrogen and oxygen atoms in total. The summed E-state index contributed by atoms with van der Waals surface area (Å²) in [5, 5.41) is 3.50. The van der Waals surface area contributed by atoms with Crippen molar-refractivity contribution in [2.24, 2.45) is 11.8 Å². The Bertz CT molecular complexity index is 309. The van der Waals surface area contributed by atoms with E-state index in [0.717, 1.165) is 29.3 Å². The number of thiophene rings is 1. The van der Waals surface area contributed by atoms with Crippen LogP contribution in [-0.4, -0.2) is 13.1 Å². The van der Waals surface area contributed by atoms with Crippen LogP contribution in [0.2, 0.25) is 4.34 Å². The van der Waals surface area contributed by atoms with Crippen molar-refractivity contribution in [3.8, 4) is 0 Å². The molecule has 0 saturated carbocycles. The molecule has 0 radical (unpaired) electrons. The van der Waals surface area contributed by atoms with E-state index in [1.807, 2.05) is 6.07 Å². The number of hydrogen-bond acceptors (Lipinski definition) is 2. The number of hydrogen-bond donors (Lipinski definition) is 1. The standard InChI is InChI=1S/C14H24ClNS/c1-11(2)10-16-9-8-12(3)4-5-13-6-7-14(15)17-13/h6-7,11-12,16H,4-5,8-10H2,1-3H3. The van der Waals surface area contributed by atoms with E-state index in [0.29, 0.717) is 0 Å². The Morgan fingerprint density at radius 2 is 2.00 bits per heavy atom. The minimum absolute atomic E-state index is 0.749. The van der Waals surface area contributed by atoms with Crippen molar-refractivity contribution in [3.63, 3.8) is 0 Å². The van der Waals surface area contributed by atoms with Gasteiger partial charge in [-0.2, -0.15) is 0 Å². The topological polar surface area (TPSA) is 12.0 Å². The summed E-state index contributed by atoms with van der Waals surface area (Å²) in [6.07, 6.45) is 3.70. The lowest BCUT2D eigenvalue weighted by Crippen LogP contribution is -2.22. The minimum atomic E-state index is 0.749.